The molecule has 1 aromatic rings. The van der Waals surface area contributed by atoms with Gasteiger partial charge in [0, 0.05) is 43.5 Å². The van der Waals surface area contributed by atoms with Crippen molar-refractivity contribution in [2.75, 3.05) is 45.2 Å². The normalized spacial score (nSPS) is 24.3. The predicted molar refractivity (Wildman–Crippen MR) is 95.8 cm³/mol. The van der Waals surface area contributed by atoms with Crippen molar-refractivity contribution in [3.05, 3.63) is 23.8 Å². The van der Waals surface area contributed by atoms with Crippen LogP contribution in [0.5, 0.6) is 5.75 Å². The number of benzene rings is 1. The number of rotatable bonds is 3. The average Bonchev–Trinajstić information content (AvgIpc) is 2.75. The van der Waals surface area contributed by atoms with Gasteiger partial charge in [0.2, 0.25) is 0 Å². The van der Waals surface area contributed by atoms with Gasteiger partial charge in [-0.2, -0.15) is 0 Å². The Bertz CT molecular complexity index is 576. The summed E-state index contributed by atoms with van der Waals surface area (Å²) in [7, 11) is 3.87. The highest BCUT2D eigenvalue weighted by molar-refractivity contribution is 5.54. The third-order valence-corrected chi connectivity index (χ3v) is 5.59. The Labute approximate surface area is 145 Å². The maximum atomic E-state index is 6.17. The van der Waals surface area contributed by atoms with Crippen LogP contribution in [0.15, 0.2) is 18.2 Å². The Hall–Kier alpha value is -1.30. The molecule has 3 rings (SSSR count). The van der Waals surface area contributed by atoms with Crippen LogP contribution in [0, 0.1) is 0 Å². The van der Waals surface area contributed by atoms with E-state index in [0.29, 0.717) is 0 Å². The van der Waals surface area contributed by atoms with Crippen molar-refractivity contribution in [2.45, 2.75) is 45.2 Å². The molecule has 24 heavy (non-hydrogen) atoms. The summed E-state index contributed by atoms with van der Waals surface area (Å²) in [6.07, 6.45) is -0.397. The number of anilines is 1. The molecule has 2 heterocycles. The van der Waals surface area contributed by atoms with E-state index in [2.05, 4.69) is 62.7 Å². The molecule has 0 unspecified atom stereocenters. The maximum absolute atomic E-state index is 6.17. The zero-order valence-electron chi connectivity index (χ0n) is 15.8. The Morgan fingerprint density at radius 3 is 2.12 bits per heavy atom. The molecule has 0 aliphatic carbocycles. The van der Waals surface area contributed by atoms with Crippen molar-refractivity contribution in [3.8, 4) is 5.75 Å². The molecule has 2 aliphatic rings. The molecule has 0 amide bonds. The minimum Gasteiger partial charge on any atom is -0.496 e. The fourth-order valence-electron chi connectivity index (χ4n) is 3.13. The molecule has 2 saturated heterocycles. The summed E-state index contributed by atoms with van der Waals surface area (Å²) in [6, 6.07) is 6.33. The second-order valence-electron chi connectivity index (χ2n) is 7.80. The molecule has 134 valence electrons. The van der Waals surface area contributed by atoms with Crippen LogP contribution in [0.4, 0.5) is 5.69 Å². The zero-order valence-corrected chi connectivity index (χ0v) is 15.8. The van der Waals surface area contributed by atoms with E-state index in [1.54, 1.807) is 7.11 Å². The molecule has 0 aromatic heterocycles. The molecule has 1 aromatic carbocycles. The largest absolute Gasteiger partial charge is 0.496 e. The lowest BCUT2D eigenvalue weighted by atomic mass is 9.90. The minimum atomic E-state index is -0.397. The quantitative estimate of drug-likeness (QED) is 0.849. The number of piperazine rings is 1. The molecule has 5 nitrogen and oxygen atoms in total. The van der Waals surface area contributed by atoms with E-state index in [4.69, 9.17) is 14.2 Å². The third kappa shape index (κ3) is 3.13. The fraction of sp³-hybridized carbons (Fsp3) is 0.684. The molecule has 0 radical (unpaired) electrons. The van der Waals surface area contributed by atoms with Crippen molar-refractivity contribution in [2.24, 2.45) is 0 Å². The Kier molecular flexibility index (Phi) is 4.53. The lowest BCUT2D eigenvalue weighted by molar-refractivity contribution is -0.0905. The van der Waals surface area contributed by atoms with Crippen molar-refractivity contribution in [3.63, 3.8) is 0 Å². The molecule has 0 bridgehead atoms. The molecule has 2 aliphatic heterocycles. The van der Waals surface area contributed by atoms with Crippen molar-refractivity contribution < 1.29 is 14.2 Å². The van der Waals surface area contributed by atoms with Crippen LogP contribution in [0.1, 0.15) is 39.5 Å². The molecule has 5 heteroatoms. The smallest absolute Gasteiger partial charge is 0.188 e. The fourth-order valence-corrected chi connectivity index (χ4v) is 3.13. The highest BCUT2D eigenvalue weighted by atomic mass is 16.7. The van der Waals surface area contributed by atoms with Crippen LogP contribution in [0.2, 0.25) is 0 Å². The number of nitrogens with zero attached hydrogens (tertiary/aromatic N) is 2. The highest BCUT2D eigenvalue weighted by Gasteiger charge is 2.50. The number of methoxy groups -OCH3 is 1. The third-order valence-electron chi connectivity index (χ3n) is 5.59. The van der Waals surface area contributed by atoms with E-state index in [1.807, 2.05) is 0 Å². The Balaban J connectivity index is 1.83. The summed E-state index contributed by atoms with van der Waals surface area (Å²) >= 11 is 0. The van der Waals surface area contributed by atoms with Gasteiger partial charge in [-0.05, 0) is 46.9 Å². The first kappa shape index (κ1) is 17.5. The Morgan fingerprint density at radius 2 is 1.58 bits per heavy atom. The first-order valence-electron chi connectivity index (χ1n) is 8.70. The zero-order chi connectivity index (χ0) is 17.5. The van der Waals surface area contributed by atoms with Crippen LogP contribution in [0.3, 0.4) is 0 Å². The lowest BCUT2D eigenvalue weighted by Gasteiger charge is -2.34. The lowest BCUT2D eigenvalue weighted by Crippen LogP contribution is -2.44. The van der Waals surface area contributed by atoms with E-state index < -0.39 is 6.29 Å². The first-order valence-corrected chi connectivity index (χ1v) is 8.70. The van der Waals surface area contributed by atoms with E-state index in [1.165, 1.54) is 5.69 Å². The van der Waals surface area contributed by atoms with E-state index in [0.717, 1.165) is 37.5 Å². The van der Waals surface area contributed by atoms with Gasteiger partial charge in [0.1, 0.15) is 5.75 Å². The van der Waals surface area contributed by atoms with Gasteiger partial charge < -0.3 is 24.0 Å². The molecular formula is C19H30N2O3. The molecule has 0 spiro atoms. The number of ether oxygens (including phenoxy) is 3. The number of hydrogen-bond acceptors (Lipinski definition) is 5. The van der Waals surface area contributed by atoms with Crippen molar-refractivity contribution in [1.82, 2.24) is 4.90 Å². The summed E-state index contributed by atoms with van der Waals surface area (Å²) in [5.41, 5.74) is 1.45. The van der Waals surface area contributed by atoms with Gasteiger partial charge in [-0.3, -0.25) is 0 Å². The van der Waals surface area contributed by atoms with Gasteiger partial charge >= 0.3 is 0 Å². The number of hydrogen-bond donors (Lipinski definition) is 0. The summed E-state index contributed by atoms with van der Waals surface area (Å²) in [6.45, 7) is 12.5. The van der Waals surface area contributed by atoms with Gasteiger partial charge in [-0.15, -0.1) is 0 Å². The monoisotopic (exact) mass is 334 g/mol. The SMILES string of the molecule is COc1cc(N2CCN(C)CC2)ccc1C1OC(C)(C)C(C)(C)O1. The summed E-state index contributed by atoms with van der Waals surface area (Å²) in [4.78, 5) is 4.75. The summed E-state index contributed by atoms with van der Waals surface area (Å²) in [5.74, 6) is 0.824. The molecule has 0 saturated carbocycles. The Morgan fingerprint density at radius 1 is 1.00 bits per heavy atom. The molecule has 0 atom stereocenters. The molecule has 2 fully saturated rings. The van der Waals surface area contributed by atoms with Crippen LogP contribution >= 0.6 is 0 Å². The second-order valence-corrected chi connectivity index (χ2v) is 7.80. The first-order chi connectivity index (χ1) is 11.2. The second kappa shape index (κ2) is 6.21. The van der Waals surface area contributed by atoms with E-state index in [9.17, 15) is 0 Å². The van der Waals surface area contributed by atoms with Gasteiger partial charge in [0.15, 0.2) is 6.29 Å². The van der Waals surface area contributed by atoms with Crippen molar-refractivity contribution in [1.29, 1.82) is 0 Å². The van der Waals surface area contributed by atoms with E-state index >= 15 is 0 Å². The molecule has 0 N–H and O–H groups in total. The van der Waals surface area contributed by atoms with Gasteiger partial charge in [-0.25, -0.2) is 0 Å². The van der Waals surface area contributed by atoms with Crippen molar-refractivity contribution >= 4 is 5.69 Å². The topological polar surface area (TPSA) is 34.2 Å². The summed E-state index contributed by atoms with van der Waals surface area (Å²) < 4.78 is 18.0. The van der Waals surface area contributed by atoms with Gasteiger partial charge in [0.05, 0.1) is 18.3 Å². The van der Waals surface area contributed by atoms with Crippen LogP contribution in [-0.2, 0) is 9.47 Å². The maximum Gasteiger partial charge on any atom is 0.188 e. The minimum absolute atomic E-state index is 0.348. The molecular weight excluding hydrogens is 304 g/mol. The van der Waals surface area contributed by atoms with Gasteiger partial charge in [0.25, 0.3) is 0 Å². The van der Waals surface area contributed by atoms with Gasteiger partial charge in [-0.1, -0.05) is 0 Å². The number of likely N-dealkylation sites (N-methyl/N-ethyl adjacent to an activating group) is 1. The highest BCUT2D eigenvalue weighted by Crippen LogP contribution is 2.47. The predicted octanol–water partition coefficient (Wildman–Crippen LogP) is 3.05. The summed E-state index contributed by atoms with van der Waals surface area (Å²) in [5, 5.41) is 0. The van der Waals surface area contributed by atoms with Crippen LogP contribution in [-0.4, -0.2) is 56.4 Å². The average molecular weight is 334 g/mol. The van der Waals surface area contributed by atoms with Crippen LogP contribution < -0.4 is 9.64 Å². The van der Waals surface area contributed by atoms with Crippen LogP contribution in [0.25, 0.3) is 0 Å². The van der Waals surface area contributed by atoms with E-state index in [-0.39, 0.29) is 11.2 Å². The standard InChI is InChI=1S/C19H30N2O3/c1-18(2)19(3,4)24-17(23-18)15-8-7-14(13-16(15)22-6)21-11-9-20(5)10-12-21/h7-8,13,17H,9-12H2,1-6H3.